The van der Waals surface area contributed by atoms with Gasteiger partial charge in [0.05, 0.1) is 11.3 Å². The number of halogens is 2. The lowest BCUT2D eigenvalue weighted by Crippen LogP contribution is -2.39. The highest BCUT2D eigenvalue weighted by Gasteiger charge is 2.22. The highest BCUT2D eigenvalue weighted by atomic mass is 79.9. The number of carbonyl (C=O) groups is 1. The number of piperidine rings is 1. The van der Waals surface area contributed by atoms with Crippen LogP contribution in [0.5, 0.6) is 5.75 Å². The Kier molecular flexibility index (Phi) is 8.74. The molecule has 0 radical (unpaired) electrons. The van der Waals surface area contributed by atoms with Crippen LogP contribution in [-0.2, 0) is 0 Å². The van der Waals surface area contributed by atoms with Gasteiger partial charge in [-0.3, -0.25) is 4.79 Å². The average Bonchev–Trinajstić information content (AvgIpc) is 2.69. The van der Waals surface area contributed by atoms with Gasteiger partial charge in [0.1, 0.15) is 11.6 Å². The van der Waals surface area contributed by atoms with Gasteiger partial charge in [-0.2, -0.15) is 0 Å². The molecule has 0 saturated carbocycles. The number of phenols is 1. The predicted molar refractivity (Wildman–Crippen MR) is 123 cm³/mol. The van der Waals surface area contributed by atoms with Gasteiger partial charge in [-0.05, 0) is 85.9 Å². The first kappa shape index (κ1) is 23.4. The van der Waals surface area contributed by atoms with Gasteiger partial charge in [0, 0.05) is 23.3 Å². The number of para-hydroxylation sites is 1. The van der Waals surface area contributed by atoms with E-state index >= 15 is 0 Å². The molecule has 1 aromatic carbocycles. The summed E-state index contributed by atoms with van der Waals surface area (Å²) in [6.45, 7) is 7.37. The van der Waals surface area contributed by atoms with Crippen molar-refractivity contribution in [3.63, 3.8) is 0 Å². The number of hydrogen-bond acceptors (Lipinski definition) is 5. The van der Waals surface area contributed by atoms with Crippen molar-refractivity contribution >= 4 is 45.7 Å². The topological polar surface area (TPSA) is 77.5 Å². The second-order valence-electron chi connectivity index (χ2n) is 7.47. The molecule has 1 aliphatic rings. The van der Waals surface area contributed by atoms with Gasteiger partial charge in [0.25, 0.3) is 5.91 Å². The predicted octanol–water partition coefficient (Wildman–Crippen LogP) is 4.76. The molecule has 0 unspecified atom stereocenters. The number of pyridine rings is 1. The van der Waals surface area contributed by atoms with Crippen molar-refractivity contribution in [3.8, 4) is 5.75 Å². The van der Waals surface area contributed by atoms with Gasteiger partial charge >= 0.3 is 0 Å². The second-order valence-corrected chi connectivity index (χ2v) is 8.39. The van der Waals surface area contributed by atoms with E-state index in [2.05, 4.69) is 50.3 Å². The van der Waals surface area contributed by atoms with Crippen molar-refractivity contribution in [1.82, 2.24) is 9.88 Å². The zero-order valence-electron chi connectivity index (χ0n) is 16.7. The number of benzene rings is 1. The molecule has 6 nitrogen and oxygen atoms in total. The fourth-order valence-corrected chi connectivity index (χ4v) is 3.70. The van der Waals surface area contributed by atoms with Gasteiger partial charge in [0.2, 0.25) is 0 Å². The third-order valence-electron chi connectivity index (χ3n) is 5.20. The molecule has 158 valence electrons. The van der Waals surface area contributed by atoms with E-state index < -0.39 is 0 Å². The van der Waals surface area contributed by atoms with Crippen LogP contribution in [0.1, 0.15) is 37.0 Å². The van der Waals surface area contributed by atoms with Crippen LogP contribution in [0.25, 0.3) is 0 Å². The minimum atomic E-state index is -0.303. The summed E-state index contributed by atoms with van der Waals surface area (Å²) in [5, 5.41) is 16.4. The molecule has 0 bridgehead atoms. The van der Waals surface area contributed by atoms with E-state index in [1.165, 1.54) is 0 Å². The van der Waals surface area contributed by atoms with Crippen molar-refractivity contribution in [2.75, 3.05) is 30.3 Å². The summed E-state index contributed by atoms with van der Waals surface area (Å²) in [7, 11) is 0. The maximum atomic E-state index is 12.7. The molecule has 0 aliphatic carbocycles. The molecular weight excluding hydrogens is 456 g/mol. The number of carbonyl (C=O) groups excluding carboxylic acids is 1. The number of likely N-dealkylation sites (tertiary alicyclic amines) is 1. The SMILES string of the molecule is CC(C)N1CCC(CNc2c(O)cccc2C(=O)Nc2ccc(Br)cn2)CC1.Cl. The van der Waals surface area contributed by atoms with Crippen molar-refractivity contribution < 1.29 is 9.90 Å². The number of nitrogens with one attached hydrogen (secondary N) is 2. The normalized spacial score (nSPS) is 15.0. The van der Waals surface area contributed by atoms with Gasteiger partial charge in [-0.15, -0.1) is 12.4 Å². The van der Waals surface area contributed by atoms with Gasteiger partial charge in [-0.25, -0.2) is 4.98 Å². The van der Waals surface area contributed by atoms with E-state index in [0.29, 0.717) is 29.0 Å². The van der Waals surface area contributed by atoms with Crippen LogP contribution in [0.4, 0.5) is 11.5 Å². The van der Waals surface area contributed by atoms with Crippen LogP contribution in [0.15, 0.2) is 41.0 Å². The minimum absolute atomic E-state index is 0. The number of aromatic nitrogens is 1. The first-order valence-electron chi connectivity index (χ1n) is 9.67. The van der Waals surface area contributed by atoms with Gasteiger partial charge in [0.15, 0.2) is 0 Å². The van der Waals surface area contributed by atoms with Gasteiger partial charge in [-0.1, -0.05) is 6.07 Å². The molecule has 3 N–H and O–H groups in total. The standard InChI is InChI=1S/C21H27BrN4O2.ClH/c1-14(2)26-10-8-15(9-11-26)12-24-20-17(4-3-5-18(20)27)21(28)25-19-7-6-16(22)13-23-19;/h3-7,13-15,24,27H,8-12H2,1-2H3,(H,23,25,28);1H. The van der Waals surface area contributed by atoms with E-state index in [1.807, 2.05) is 6.07 Å². The molecule has 1 saturated heterocycles. The average molecular weight is 484 g/mol. The number of rotatable bonds is 6. The summed E-state index contributed by atoms with van der Waals surface area (Å²) >= 11 is 3.33. The lowest BCUT2D eigenvalue weighted by molar-refractivity contribution is 0.102. The Morgan fingerprint density at radius 2 is 2.00 bits per heavy atom. The van der Waals surface area contributed by atoms with E-state index in [0.717, 1.165) is 36.9 Å². The van der Waals surface area contributed by atoms with Crippen molar-refractivity contribution in [2.45, 2.75) is 32.7 Å². The molecule has 1 aliphatic heterocycles. The number of amides is 1. The quantitative estimate of drug-likeness (QED) is 0.517. The Morgan fingerprint density at radius 1 is 1.28 bits per heavy atom. The highest BCUT2D eigenvalue weighted by molar-refractivity contribution is 9.10. The summed E-state index contributed by atoms with van der Waals surface area (Å²) in [4.78, 5) is 19.4. The van der Waals surface area contributed by atoms with Crippen LogP contribution in [0.3, 0.4) is 0 Å². The molecule has 1 aromatic heterocycles. The first-order chi connectivity index (χ1) is 13.4. The van der Waals surface area contributed by atoms with E-state index in [1.54, 1.807) is 30.5 Å². The Morgan fingerprint density at radius 3 is 2.62 bits per heavy atom. The zero-order chi connectivity index (χ0) is 20.1. The summed E-state index contributed by atoms with van der Waals surface area (Å²) in [5.74, 6) is 0.765. The number of nitrogens with zero attached hydrogens (tertiary/aromatic N) is 2. The smallest absolute Gasteiger partial charge is 0.259 e. The Balaban J connectivity index is 0.00000300. The lowest BCUT2D eigenvalue weighted by atomic mass is 9.95. The Labute approximate surface area is 186 Å². The maximum absolute atomic E-state index is 12.7. The fourth-order valence-electron chi connectivity index (χ4n) is 3.47. The first-order valence-corrected chi connectivity index (χ1v) is 10.5. The molecule has 2 aromatic rings. The monoisotopic (exact) mass is 482 g/mol. The number of phenolic OH excluding ortho intramolecular Hbond substituents is 1. The van der Waals surface area contributed by atoms with E-state index in [4.69, 9.17) is 0 Å². The largest absolute Gasteiger partial charge is 0.506 e. The molecule has 1 amide bonds. The molecular formula is C21H28BrClN4O2. The van der Waals surface area contributed by atoms with Crippen LogP contribution < -0.4 is 10.6 Å². The van der Waals surface area contributed by atoms with Gasteiger partial charge < -0.3 is 20.6 Å². The third-order valence-corrected chi connectivity index (χ3v) is 5.67. The van der Waals surface area contributed by atoms with Crippen LogP contribution in [0, 0.1) is 5.92 Å². The summed E-state index contributed by atoms with van der Waals surface area (Å²) in [6.07, 6.45) is 3.85. The molecule has 1 fully saturated rings. The number of aromatic hydroxyl groups is 1. The molecule has 0 atom stereocenters. The number of anilines is 2. The van der Waals surface area contributed by atoms with E-state index in [9.17, 15) is 9.90 Å². The maximum Gasteiger partial charge on any atom is 0.259 e. The minimum Gasteiger partial charge on any atom is -0.506 e. The van der Waals surface area contributed by atoms with Crippen LogP contribution >= 0.6 is 28.3 Å². The van der Waals surface area contributed by atoms with Crippen molar-refractivity contribution in [1.29, 1.82) is 0 Å². The van der Waals surface area contributed by atoms with E-state index in [-0.39, 0.29) is 24.1 Å². The molecule has 2 heterocycles. The summed E-state index contributed by atoms with van der Waals surface area (Å²) < 4.78 is 0.841. The summed E-state index contributed by atoms with van der Waals surface area (Å²) in [5.41, 5.74) is 0.882. The zero-order valence-corrected chi connectivity index (χ0v) is 19.1. The third kappa shape index (κ3) is 6.32. The van der Waals surface area contributed by atoms with Crippen LogP contribution in [-0.4, -0.2) is 46.6 Å². The Bertz CT molecular complexity index is 809. The van der Waals surface area contributed by atoms with Crippen molar-refractivity contribution in [2.24, 2.45) is 5.92 Å². The fraction of sp³-hybridized carbons (Fsp3) is 0.429. The molecule has 0 spiro atoms. The number of hydrogen-bond donors (Lipinski definition) is 3. The highest BCUT2D eigenvalue weighted by Crippen LogP contribution is 2.29. The molecule has 29 heavy (non-hydrogen) atoms. The summed E-state index contributed by atoms with van der Waals surface area (Å²) in [6, 6.07) is 9.09. The van der Waals surface area contributed by atoms with Crippen LogP contribution in [0.2, 0.25) is 0 Å². The van der Waals surface area contributed by atoms with Crippen molar-refractivity contribution in [3.05, 3.63) is 46.6 Å². The molecule has 3 rings (SSSR count). The Hall–Kier alpha value is -1.83. The second kappa shape index (κ2) is 10.8. The molecule has 8 heteroatoms. The lowest BCUT2D eigenvalue weighted by Gasteiger charge is -2.34.